The van der Waals surface area contributed by atoms with Gasteiger partial charge >= 0.3 is 0 Å². The molecule has 0 fully saturated rings. The minimum Gasteiger partial charge on any atom is -0.358 e. The molecular formula is C7H8N2O2. The molecule has 1 N–H and O–H groups in total. The van der Waals surface area contributed by atoms with Gasteiger partial charge in [-0.25, -0.2) is 4.99 Å². The fourth-order valence-electron chi connectivity index (χ4n) is 0.754. The van der Waals surface area contributed by atoms with Crippen LogP contribution in [-0.2, 0) is 9.59 Å². The summed E-state index contributed by atoms with van der Waals surface area (Å²) in [4.78, 5) is 24.9. The molecule has 1 aliphatic heterocycles. The van der Waals surface area contributed by atoms with Crippen LogP contribution in [0.1, 0.15) is 0 Å². The molecule has 1 heterocycles. The van der Waals surface area contributed by atoms with E-state index in [9.17, 15) is 9.59 Å². The fraction of sp³-hybridized carbons (Fsp3) is 0.286. The first-order chi connectivity index (χ1) is 5.24. The van der Waals surface area contributed by atoms with Crippen LogP contribution < -0.4 is 5.32 Å². The van der Waals surface area contributed by atoms with Crippen LogP contribution in [0.25, 0.3) is 0 Å². The van der Waals surface area contributed by atoms with Gasteiger partial charge in [0.05, 0.1) is 5.92 Å². The number of carbonyl (C=O) groups excluding carboxylic acids is 2. The lowest BCUT2D eigenvalue weighted by atomic mass is 10.1. The zero-order valence-corrected chi connectivity index (χ0v) is 6.07. The maximum absolute atomic E-state index is 10.9. The van der Waals surface area contributed by atoms with Crippen LogP contribution in [0.5, 0.6) is 0 Å². The van der Waals surface area contributed by atoms with Crippen LogP contribution in [0.15, 0.2) is 17.1 Å². The average Bonchev–Trinajstić information content (AvgIpc) is 2.05. The first-order valence-corrected chi connectivity index (χ1v) is 3.22. The topological polar surface area (TPSA) is 58.5 Å². The van der Waals surface area contributed by atoms with Gasteiger partial charge in [-0.2, -0.15) is 0 Å². The van der Waals surface area contributed by atoms with E-state index in [2.05, 4.69) is 10.3 Å². The lowest BCUT2D eigenvalue weighted by Gasteiger charge is -2.06. The van der Waals surface area contributed by atoms with E-state index < -0.39 is 5.92 Å². The number of nitrogens with zero attached hydrogens (tertiary/aromatic N) is 1. The molecule has 2 amide bonds. The Labute approximate surface area is 64.0 Å². The molecule has 58 valence electrons. The van der Waals surface area contributed by atoms with E-state index in [4.69, 9.17) is 0 Å². The predicted octanol–water partition coefficient (Wildman–Crippen LogP) is -0.484. The maximum Gasteiger partial charge on any atom is 0.269 e. The molecule has 0 bridgehead atoms. The summed E-state index contributed by atoms with van der Waals surface area (Å²) in [6.07, 6.45) is 4.15. The van der Waals surface area contributed by atoms with Crippen molar-refractivity contribution in [1.29, 1.82) is 0 Å². The molecule has 4 heteroatoms. The SMILES string of the molecule is CNC(=O)C1C=CC(=O)N=C1. The number of amides is 2. The van der Waals surface area contributed by atoms with Gasteiger partial charge in [0.2, 0.25) is 5.91 Å². The first-order valence-electron chi connectivity index (χ1n) is 3.22. The largest absolute Gasteiger partial charge is 0.358 e. The van der Waals surface area contributed by atoms with Crippen molar-refractivity contribution in [3.05, 3.63) is 12.2 Å². The Morgan fingerprint density at radius 1 is 1.73 bits per heavy atom. The van der Waals surface area contributed by atoms with Crippen LogP contribution in [0, 0.1) is 5.92 Å². The molecule has 0 aromatic heterocycles. The van der Waals surface area contributed by atoms with Crippen molar-refractivity contribution in [2.75, 3.05) is 7.05 Å². The molecule has 0 radical (unpaired) electrons. The normalized spacial score (nSPS) is 21.9. The van der Waals surface area contributed by atoms with E-state index in [1.807, 2.05) is 0 Å². The van der Waals surface area contributed by atoms with Gasteiger partial charge < -0.3 is 5.32 Å². The maximum atomic E-state index is 10.9. The Bertz CT molecular complexity index is 227. The first kappa shape index (κ1) is 7.65. The monoisotopic (exact) mass is 152 g/mol. The summed E-state index contributed by atoms with van der Waals surface area (Å²) in [5.74, 6) is -0.861. The third-order valence-electron chi connectivity index (χ3n) is 1.36. The smallest absolute Gasteiger partial charge is 0.269 e. The molecule has 1 unspecified atom stereocenters. The zero-order valence-electron chi connectivity index (χ0n) is 6.07. The highest BCUT2D eigenvalue weighted by atomic mass is 16.2. The van der Waals surface area contributed by atoms with Gasteiger partial charge in [0.15, 0.2) is 0 Å². The second kappa shape index (κ2) is 3.09. The van der Waals surface area contributed by atoms with Crippen molar-refractivity contribution in [2.45, 2.75) is 0 Å². The molecule has 11 heavy (non-hydrogen) atoms. The van der Waals surface area contributed by atoms with Crippen molar-refractivity contribution in [2.24, 2.45) is 10.9 Å². The lowest BCUT2D eigenvalue weighted by Crippen LogP contribution is -2.28. The van der Waals surface area contributed by atoms with Crippen LogP contribution in [0.4, 0.5) is 0 Å². The molecule has 0 aliphatic carbocycles. The average molecular weight is 152 g/mol. The van der Waals surface area contributed by atoms with Crippen molar-refractivity contribution in [1.82, 2.24) is 5.32 Å². The Morgan fingerprint density at radius 3 is 2.91 bits per heavy atom. The number of carbonyl (C=O) groups is 2. The van der Waals surface area contributed by atoms with E-state index in [1.165, 1.54) is 18.4 Å². The molecule has 1 rings (SSSR count). The second-order valence-corrected chi connectivity index (χ2v) is 2.12. The van der Waals surface area contributed by atoms with Gasteiger partial charge in [-0.1, -0.05) is 6.08 Å². The lowest BCUT2D eigenvalue weighted by molar-refractivity contribution is -0.121. The minimum atomic E-state index is -0.391. The third kappa shape index (κ3) is 1.73. The highest BCUT2D eigenvalue weighted by Crippen LogP contribution is 2.01. The number of nitrogens with one attached hydrogen (secondary N) is 1. The number of aliphatic imine (C=N–C) groups is 1. The van der Waals surface area contributed by atoms with Gasteiger partial charge in [-0.05, 0) is 0 Å². The summed E-state index contributed by atoms with van der Waals surface area (Å²) < 4.78 is 0. The summed E-state index contributed by atoms with van der Waals surface area (Å²) in [6.45, 7) is 0. The Hall–Kier alpha value is -1.45. The predicted molar refractivity (Wildman–Crippen MR) is 40.2 cm³/mol. The van der Waals surface area contributed by atoms with Gasteiger partial charge in [-0.3, -0.25) is 9.59 Å². The molecule has 0 spiro atoms. The molecule has 0 aromatic carbocycles. The summed E-state index contributed by atoms with van der Waals surface area (Å²) in [5.41, 5.74) is 0. The fourth-order valence-corrected chi connectivity index (χ4v) is 0.754. The number of dihydropyridines is 1. The molecule has 4 nitrogen and oxygen atoms in total. The second-order valence-electron chi connectivity index (χ2n) is 2.12. The van der Waals surface area contributed by atoms with Crippen molar-refractivity contribution < 1.29 is 9.59 Å². The molecular weight excluding hydrogens is 144 g/mol. The van der Waals surface area contributed by atoms with E-state index in [0.717, 1.165) is 0 Å². The summed E-state index contributed by atoms with van der Waals surface area (Å²) in [7, 11) is 1.54. The number of hydrogen-bond acceptors (Lipinski definition) is 2. The molecule has 0 saturated carbocycles. The van der Waals surface area contributed by atoms with E-state index in [-0.39, 0.29) is 11.8 Å². The van der Waals surface area contributed by atoms with Crippen LogP contribution in [0.2, 0.25) is 0 Å². The van der Waals surface area contributed by atoms with Gasteiger partial charge in [-0.15, -0.1) is 0 Å². The van der Waals surface area contributed by atoms with Gasteiger partial charge in [0, 0.05) is 19.3 Å². The molecule has 1 atom stereocenters. The van der Waals surface area contributed by atoms with Crippen LogP contribution >= 0.6 is 0 Å². The Balaban J connectivity index is 2.65. The van der Waals surface area contributed by atoms with Crippen molar-refractivity contribution >= 4 is 18.0 Å². The van der Waals surface area contributed by atoms with Crippen LogP contribution in [-0.4, -0.2) is 25.1 Å². The zero-order chi connectivity index (χ0) is 8.27. The van der Waals surface area contributed by atoms with Crippen molar-refractivity contribution in [3.8, 4) is 0 Å². The van der Waals surface area contributed by atoms with Crippen molar-refractivity contribution in [3.63, 3.8) is 0 Å². The quantitative estimate of drug-likeness (QED) is 0.551. The number of rotatable bonds is 1. The highest BCUT2D eigenvalue weighted by molar-refractivity contribution is 6.05. The van der Waals surface area contributed by atoms with Crippen LogP contribution in [0.3, 0.4) is 0 Å². The third-order valence-corrected chi connectivity index (χ3v) is 1.36. The summed E-state index contributed by atoms with van der Waals surface area (Å²) >= 11 is 0. The number of hydrogen-bond donors (Lipinski definition) is 1. The standard InChI is InChI=1S/C7H8N2O2/c1-8-7(11)5-2-3-6(10)9-4-5/h2-5H,1H3,(H,8,11). The molecule has 0 aromatic rings. The molecule has 1 aliphatic rings. The summed E-state index contributed by atoms with van der Waals surface area (Å²) in [6, 6.07) is 0. The molecule has 0 saturated heterocycles. The van der Waals surface area contributed by atoms with E-state index in [0.29, 0.717) is 0 Å². The van der Waals surface area contributed by atoms with E-state index in [1.54, 1.807) is 7.05 Å². The summed E-state index contributed by atoms with van der Waals surface area (Å²) in [5, 5.41) is 2.46. The Kier molecular flexibility index (Phi) is 2.15. The minimum absolute atomic E-state index is 0.155. The Morgan fingerprint density at radius 2 is 2.45 bits per heavy atom. The van der Waals surface area contributed by atoms with Gasteiger partial charge in [0.25, 0.3) is 5.91 Å². The van der Waals surface area contributed by atoms with Gasteiger partial charge in [0.1, 0.15) is 0 Å². The van der Waals surface area contributed by atoms with E-state index >= 15 is 0 Å². The highest BCUT2D eigenvalue weighted by Gasteiger charge is 2.14.